The number of carbonyl (C=O) groups excluding carboxylic acids is 1. The van der Waals surface area contributed by atoms with Crippen molar-refractivity contribution in [3.8, 4) is 17.6 Å². The minimum Gasteiger partial charge on any atom is -0.481 e. The fourth-order valence-electron chi connectivity index (χ4n) is 2.84. The monoisotopic (exact) mass is 413 g/mol. The van der Waals surface area contributed by atoms with Crippen LogP contribution in [0.5, 0.6) is 5.75 Å². The largest absolute Gasteiger partial charge is 0.481 e. The zero-order valence-electron chi connectivity index (χ0n) is 16.7. The van der Waals surface area contributed by atoms with Crippen LogP contribution in [0.25, 0.3) is 0 Å². The standard InChI is InChI=1S/C23H24ClNO4/c1-4-6-17(14-22(26)27)16-7-10-19(11-8-16)25-23(28)20(5-2)29-21-12-9-18(24)13-15(21)3/h7-13,17,20H,5,14H2,1-3H3,(H,25,28)(H,26,27). The van der Waals surface area contributed by atoms with Gasteiger partial charge in [0.05, 0.1) is 12.3 Å². The number of aryl methyl sites for hydroxylation is 1. The Kier molecular flexibility index (Phi) is 8.11. The van der Waals surface area contributed by atoms with Crippen LogP contribution in [0, 0.1) is 18.8 Å². The van der Waals surface area contributed by atoms with Crippen LogP contribution in [0.4, 0.5) is 5.69 Å². The van der Waals surface area contributed by atoms with E-state index in [2.05, 4.69) is 17.2 Å². The number of nitrogens with one attached hydrogen (secondary N) is 1. The van der Waals surface area contributed by atoms with Crippen LogP contribution in [0.3, 0.4) is 0 Å². The number of benzene rings is 2. The molecule has 2 rings (SSSR count). The van der Waals surface area contributed by atoms with Gasteiger partial charge in [-0.05, 0) is 61.7 Å². The van der Waals surface area contributed by atoms with E-state index in [0.29, 0.717) is 22.9 Å². The van der Waals surface area contributed by atoms with Crippen LogP contribution in [0.2, 0.25) is 5.02 Å². The van der Waals surface area contributed by atoms with Gasteiger partial charge < -0.3 is 15.2 Å². The molecule has 2 atom stereocenters. The van der Waals surface area contributed by atoms with Crippen molar-refractivity contribution >= 4 is 29.2 Å². The summed E-state index contributed by atoms with van der Waals surface area (Å²) in [5.74, 6) is 4.73. The number of amides is 1. The van der Waals surface area contributed by atoms with Gasteiger partial charge in [-0.2, -0.15) is 0 Å². The number of carbonyl (C=O) groups is 2. The maximum atomic E-state index is 12.6. The van der Waals surface area contributed by atoms with Gasteiger partial charge in [-0.1, -0.05) is 36.6 Å². The van der Waals surface area contributed by atoms with Gasteiger partial charge >= 0.3 is 5.97 Å². The Labute approximate surface area is 176 Å². The molecule has 0 heterocycles. The average molecular weight is 414 g/mol. The Balaban J connectivity index is 2.08. The molecule has 0 radical (unpaired) electrons. The molecule has 0 fully saturated rings. The van der Waals surface area contributed by atoms with Crippen molar-refractivity contribution in [3.63, 3.8) is 0 Å². The highest BCUT2D eigenvalue weighted by Crippen LogP contribution is 2.24. The predicted molar refractivity (Wildman–Crippen MR) is 114 cm³/mol. The SMILES string of the molecule is CC#CC(CC(=O)O)c1ccc(NC(=O)C(CC)Oc2ccc(Cl)cc2C)cc1. The number of hydrogen-bond acceptors (Lipinski definition) is 3. The molecule has 0 aromatic heterocycles. The highest BCUT2D eigenvalue weighted by Gasteiger charge is 2.20. The van der Waals surface area contributed by atoms with Crippen LogP contribution >= 0.6 is 11.6 Å². The topological polar surface area (TPSA) is 75.6 Å². The fraction of sp³-hybridized carbons (Fsp3) is 0.304. The summed E-state index contributed by atoms with van der Waals surface area (Å²) in [6, 6.07) is 12.3. The van der Waals surface area contributed by atoms with E-state index in [9.17, 15) is 9.59 Å². The summed E-state index contributed by atoms with van der Waals surface area (Å²) in [7, 11) is 0. The molecule has 2 aromatic rings. The number of hydrogen-bond donors (Lipinski definition) is 2. The highest BCUT2D eigenvalue weighted by atomic mass is 35.5. The summed E-state index contributed by atoms with van der Waals surface area (Å²) in [6.45, 7) is 5.42. The molecule has 2 N–H and O–H groups in total. The number of halogens is 1. The lowest BCUT2D eigenvalue weighted by molar-refractivity contribution is -0.137. The predicted octanol–water partition coefficient (Wildman–Crippen LogP) is 5.03. The average Bonchev–Trinajstić information content (AvgIpc) is 2.67. The van der Waals surface area contributed by atoms with Crippen LogP contribution in [0.1, 0.15) is 43.7 Å². The molecule has 1 amide bonds. The lowest BCUT2D eigenvalue weighted by atomic mass is 9.96. The second-order valence-corrected chi connectivity index (χ2v) is 7.02. The van der Waals surface area contributed by atoms with Gasteiger partial charge in [0, 0.05) is 10.7 Å². The number of rotatable bonds is 8. The molecule has 152 valence electrons. The maximum absolute atomic E-state index is 12.6. The van der Waals surface area contributed by atoms with E-state index in [0.717, 1.165) is 11.1 Å². The molecule has 0 saturated carbocycles. The minimum atomic E-state index is -0.907. The van der Waals surface area contributed by atoms with Gasteiger partial charge in [-0.15, -0.1) is 5.92 Å². The molecule has 2 aromatic carbocycles. The summed E-state index contributed by atoms with van der Waals surface area (Å²) < 4.78 is 5.87. The first-order valence-electron chi connectivity index (χ1n) is 9.31. The number of ether oxygens (including phenoxy) is 1. The molecule has 0 aliphatic rings. The molecule has 0 spiro atoms. The summed E-state index contributed by atoms with van der Waals surface area (Å²) in [4.78, 5) is 23.7. The normalized spacial score (nSPS) is 12.3. The van der Waals surface area contributed by atoms with Gasteiger partial charge in [0.1, 0.15) is 5.75 Å². The fourth-order valence-corrected chi connectivity index (χ4v) is 3.07. The first kappa shape index (κ1) is 22.3. The molecule has 6 heteroatoms. The van der Waals surface area contributed by atoms with Crippen molar-refractivity contribution in [2.24, 2.45) is 0 Å². The van der Waals surface area contributed by atoms with Gasteiger partial charge in [0.25, 0.3) is 5.91 Å². The minimum absolute atomic E-state index is 0.0707. The van der Waals surface area contributed by atoms with Crippen molar-refractivity contribution in [2.45, 2.75) is 45.6 Å². The molecule has 0 saturated heterocycles. The van der Waals surface area contributed by atoms with Crippen molar-refractivity contribution in [1.82, 2.24) is 0 Å². The van der Waals surface area contributed by atoms with E-state index in [1.165, 1.54) is 0 Å². The van der Waals surface area contributed by atoms with E-state index < -0.39 is 12.1 Å². The Morgan fingerprint density at radius 1 is 1.21 bits per heavy atom. The first-order valence-corrected chi connectivity index (χ1v) is 9.69. The third-order valence-corrected chi connectivity index (χ3v) is 4.58. The number of anilines is 1. The Hall–Kier alpha value is -2.97. The quantitative estimate of drug-likeness (QED) is 0.595. The highest BCUT2D eigenvalue weighted by molar-refractivity contribution is 6.30. The Morgan fingerprint density at radius 3 is 2.45 bits per heavy atom. The van der Waals surface area contributed by atoms with Gasteiger partial charge in [0.2, 0.25) is 0 Å². The van der Waals surface area contributed by atoms with Crippen LogP contribution in [-0.4, -0.2) is 23.1 Å². The van der Waals surface area contributed by atoms with E-state index in [-0.39, 0.29) is 18.2 Å². The van der Waals surface area contributed by atoms with Crippen LogP contribution in [-0.2, 0) is 9.59 Å². The molecule has 29 heavy (non-hydrogen) atoms. The third kappa shape index (κ3) is 6.55. The third-order valence-electron chi connectivity index (χ3n) is 4.35. The maximum Gasteiger partial charge on any atom is 0.304 e. The summed E-state index contributed by atoms with van der Waals surface area (Å²) in [5.41, 5.74) is 2.25. The summed E-state index contributed by atoms with van der Waals surface area (Å²) >= 11 is 5.96. The summed E-state index contributed by atoms with van der Waals surface area (Å²) in [6.07, 6.45) is -0.224. The molecule has 5 nitrogen and oxygen atoms in total. The molecule has 0 aliphatic heterocycles. The van der Waals surface area contributed by atoms with Gasteiger partial charge in [0.15, 0.2) is 6.10 Å². The Morgan fingerprint density at radius 2 is 1.90 bits per heavy atom. The van der Waals surface area contributed by atoms with Crippen molar-refractivity contribution in [3.05, 3.63) is 58.6 Å². The second-order valence-electron chi connectivity index (χ2n) is 6.58. The van der Waals surface area contributed by atoms with E-state index in [4.69, 9.17) is 21.4 Å². The van der Waals surface area contributed by atoms with Crippen molar-refractivity contribution in [2.75, 3.05) is 5.32 Å². The molecule has 0 aliphatic carbocycles. The lowest BCUT2D eigenvalue weighted by Crippen LogP contribution is -2.32. The smallest absolute Gasteiger partial charge is 0.304 e. The second kappa shape index (κ2) is 10.5. The summed E-state index contributed by atoms with van der Waals surface area (Å²) in [5, 5.41) is 12.5. The van der Waals surface area contributed by atoms with Crippen LogP contribution in [0.15, 0.2) is 42.5 Å². The zero-order chi connectivity index (χ0) is 21.4. The van der Waals surface area contributed by atoms with E-state index >= 15 is 0 Å². The van der Waals surface area contributed by atoms with Crippen LogP contribution < -0.4 is 10.1 Å². The number of aliphatic carboxylic acids is 1. The van der Waals surface area contributed by atoms with Gasteiger partial charge in [-0.25, -0.2) is 0 Å². The van der Waals surface area contributed by atoms with E-state index in [1.54, 1.807) is 49.4 Å². The molecule has 2 unspecified atom stereocenters. The molecular weight excluding hydrogens is 390 g/mol. The van der Waals surface area contributed by atoms with Crippen molar-refractivity contribution < 1.29 is 19.4 Å². The lowest BCUT2D eigenvalue weighted by Gasteiger charge is -2.19. The number of carboxylic acid groups (broad SMARTS) is 1. The van der Waals surface area contributed by atoms with Crippen molar-refractivity contribution in [1.29, 1.82) is 0 Å². The van der Waals surface area contributed by atoms with E-state index in [1.807, 2.05) is 13.8 Å². The number of carboxylic acids is 1. The molecule has 0 bridgehead atoms. The van der Waals surface area contributed by atoms with Gasteiger partial charge in [-0.3, -0.25) is 9.59 Å². The molecular formula is C23H24ClNO4. The Bertz CT molecular complexity index is 928. The first-order chi connectivity index (χ1) is 13.8. The zero-order valence-corrected chi connectivity index (χ0v) is 17.4.